The van der Waals surface area contributed by atoms with Crippen molar-refractivity contribution in [2.75, 3.05) is 6.54 Å². The molecule has 76 valence electrons. The second kappa shape index (κ2) is 4.64. The van der Waals surface area contributed by atoms with Gasteiger partial charge in [0.25, 0.3) is 0 Å². The molecule has 2 heteroatoms. The zero-order chi connectivity index (χ0) is 9.84. The lowest BCUT2D eigenvalue weighted by atomic mass is 9.92. The van der Waals surface area contributed by atoms with Crippen LogP contribution in [-0.2, 0) is 4.79 Å². The summed E-state index contributed by atoms with van der Waals surface area (Å²) >= 11 is 0. The first-order valence-electron chi connectivity index (χ1n) is 5.46. The van der Waals surface area contributed by atoms with E-state index in [1.165, 1.54) is 19.3 Å². The van der Waals surface area contributed by atoms with Crippen molar-refractivity contribution in [3.8, 4) is 0 Å². The van der Waals surface area contributed by atoms with Crippen LogP contribution in [0, 0.1) is 5.92 Å². The third-order valence-electron chi connectivity index (χ3n) is 2.94. The topological polar surface area (TPSA) is 20.3 Å². The summed E-state index contributed by atoms with van der Waals surface area (Å²) in [6.45, 7) is 7.36. The van der Waals surface area contributed by atoms with Crippen LogP contribution < -0.4 is 0 Å². The molecule has 1 amide bonds. The van der Waals surface area contributed by atoms with E-state index >= 15 is 0 Å². The summed E-state index contributed by atoms with van der Waals surface area (Å²) in [6, 6.07) is 0.501. The molecule has 13 heavy (non-hydrogen) atoms. The molecule has 1 heterocycles. The van der Waals surface area contributed by atoms with Gasteiger partial charge in [-0.1, -0.05) is 20.8 Å². The van der Waals surface area contributed by atoms with Crippen LogP contribution in [0.2, 0.25) is 0 Å². The van der Waals surface area contributed by atoms with Gasteiger partial charge in [-0.05, 0) is 25.2 Å². The molecular formula is C11H21NO. The quantitative estimate of drug-likeness (QED) is 0.644. The summed E-state index contributed by atoms with van der Waals surface area (Å²) < 4.78 is 0. The lowest BCUT2D eigenvalue weighted by Gasteiger charge is -2.38. The minimum absolute atomic E-state index is 0.332. The van der Waals surface area contributed by atoms with Crippen molar-refractivity contribution in [1.29, 1.82) is 0 Å². The van der Waals surface area contributed by atoms with Crippen molar-refractivity contribution in [2.24, 2.45) is 5.92 Å². The van der Waals surface area contributed by atoms with Crippen LogP contribution in [0.5, 0.6) is 0 Å². The number of hydrogen-bond acceptors (Lipinski definition) is 1. The average Bonchev–Trinajstić information content (AvgIpc) is 2.16. The van der Waals surface area contributed by atoms with Crippen molar-refractivity contribution in [1.82, 2.24) is 4.90 Å². The Labute approximate surface area is 81.3 Å². The Bertz CT molecular complexity index is 177. The Morgan fingerprint density at radius 3 is 2.69 bits per heavy atom. The maximum atomic E-state index is 11.6. The number of hydrogen-bond donors (Lipinski definition) is 0. The van der Waals surface area contributed by atoms with Gasteiger partial charge < -0.3 is 4.90 Å². The van der Waals surface area contributed by atoms with Gasteiger partial charge in [-0.25, -0.2) is 0 Å². The molecule has 1 saturated heterocycles. The van der Waals surface area contributed by atoms with Crippen LogP contribution in [0.15, 0.2) is 0 Å². The summed E-state index contributed by atoms with van der Waals surface area (Å²) in [5.74, 6) is 0.939. The number of rotatable bonds is 2. The Kier molecular flexibility index (Phi) is 3.76. The first kappa shape index (κ1) is 10.6. The second-order valence-corrected chi connectivity index (χ2v) is 4.25. The smallest absolute Gasteiger partial charge is 0.222 e. The number of likely N-dealkylation sites (tertiary alicyclic amines) is 1. The van der Waals surface area contributed by atoms with E-state index in [1.54, 1.807) is 0 Å². The van der Waals surface area contributed by atoms with E-state index in [2.05, 4.69) is 18.7 Å². The Morgan fingerprint density at radius 1 is 1.46 bits per heavy atom. The van der Waals surface area contributed by atoms with Gasteiger partial charge in [0.15, 0.2) is 0 Å². The van der Waals surface area contributed by atoms with Crippen molar-refractivity contribution in [3.63, 3.8) is 0 Å². The molecule has 1 atom stereocenters. The highest BCUT2D eigenvalue weighted by Crippen LogP contribution is 2.23. The van der Waals surface area contributed by atoms with E-state index in [0.29, 0.717) is 24.3 Å². The summed E-state index contributed by atoms with van der Waals surface area (Å²) in [5.41, 5.74) is 0. The highest BCUT2D eigenvalue weighted by atomic mass is 16.2. The van der Waals surface area contributed by atoms with E-state index in [1.807, 2.05) is 6.92 Å². The molecular weight excluding hydrogens is 162 g/mol. The third kappa shape index (κ3) is 2.45. The predicted molar refractivity (Wildman–Crippen MR) is 54.5 cm³/mol. The minimum Gasteiger partial charge on any atom is -0.339 e. The molecule has 0 N–H and O–H groups in total. The van der Waals surface area contributed by atoms with Crippen LogP contribution >= 0.6 is 0 Å². The maximum absolute atomic E-state index is 11.6. The molecule has 0 aromatic heterocycles. The van der Waals surface area contributed by atoms with Crippen LogP contribution in [0.25, 0.3) is 0 Å². The summed E-state index contributed by atoms with van der Waals surface area (Å²) in [4.78, 5) is 13.7. The molecule has 2 nitrogen and oxygen atoms in total. The molecule has 0 bridgehead atoms. The number of amides is 1. The van der Waals surface area contributed by atoms with Crippen molar-refractivity contribution in [2.45, 2.75) is 52.5 Å². The normalized spacial score (nSPS) is 23.7. The fourth-order valence-electron chi connectivity index (χ4n) is 2.16. The van der Waals surface area contributed by atoms with Gasteiger partial charge in [0.05, 0.1) is 0 Å². The highest BCUT2D eigenvalue weighted by molar-refractivity contribution is 5.76. The first-order valence-corrected chi connectivity index (χ1v) is 5.46. The summed E-state index contributed by atoms with van der Waals surface area (Å²) in [6.07, 6.45) is 4.33. The van der Waals surface area contributed by atoms with Crippen LogP contribution in [0.1, 0.15) is 46.5 Å². The number of nitrogens with zero attached hydrogens (tertiary/aromatic N) is 1. The SMILES string of the molecule is CCC(=O)N1CCCCC1C(C)C. The van der Waals surface area contributed by atoms with Crippen molar-refractivity contribution >= 4 is 5.91 Å². The minimum atomic E-state index is 0.332. The molecule has 0 aromatic carbocycles. The maximum Gasteiger partial charge on any atom is 0.222 e. The van der Waals surface area contributed by atoms with Gasteiger partial charge in [-0.3, -0.25) is 4.79 Å². The van der Waals surface area contributed by atoms with Crippen molar-refractivity contribution in [3.05, 3.63) is 0 Å². The van der Waals surface area contributed by atoms with Gasteiger partial charge >= 0.3 is 0 Å². The average molecular weight is 183 g/mol. The Hall–Kier alpha value is -0.530. The molecule has 0 spiro atoms. The largest absolute Gasteiger partial charge is 0.339 e. The highest BCUT2D eigenvalue weighted by Gasteiger charge is 2.27. The number of carbonyl (C=O) groups excluding carboxylic acids is 1. The van der Waals surface area contributed by atoms with E-state index in [9.17, 15) is 4.79 Å². The van der Waals surface area contributed by atoms with E-state index < -0.39 is 0 Å². The standard InChI is InChI=1S/C11H21NO/c1-4-11(13)12-8-6-5-7-10(12)9(2)3/h9-10H,4-8H2,1-3H3. The van der Waals surface area contributed by atoms with Gasteiger partial charge in [-0.15, -0.1) is 0 Å². The first-order chi connectivity index (χ1) is 6.16. The molecule has 1 fully saturated rings. The van der Waals surface area contributed by atoms with Gasteiger partial charge in [0.1, 0.15) is 0 Å². The van der Waals surface area contributed by atoms with Crippen molar-refractivity contribution < 1.29 is 4.79 Å². The monoisotopic (exact) mass is 183 g/mol. The molecule has 0 radical (unpaired) electrons. The van der Waals surface area contributed by atoms with Crippen LogP contribution in [0.3, 0.4) is 0 Å². The summed E-state index contributed by atoms with van der Waals surface area (Å²) in [7, 11) is 0. The van der Waals surface area contributed by atoms with Crippen LogP contribution in [0.4, 0.5) is 0 Å². The van der Waals surface area contributed by atoms with Gasteiger partial charge in [0.2, 0.25) is 5.91 Å². The zero-order valence-electron chi connectivity index (χ0n) is 9.05. The molecule has 1 rings (SSSR count). The molecule has 0 aromatic rings. The molecule has 0 saturated carbocycles. The lowest BCUT2D eigenvalue weighted by Crippen LogP contribution is -2.46. The fourth-order valence-corrected chi connectivity index (χ4v) is 2.16. The third-order valence-corrected chi connectivity index (χ3v) is 2.94. The van der Waals surface area contributed by atoms with E-state index in [-0.39, 0.29) is 0 Å². The molecule has 0 aliphatic carbocycles. The lowest BCUT2D eigenvalue weighted by molar-refractivity contribution is -0.135. The van der Waals surface area contributed by atoms with Gasteiger partial charge in [0, 0.05) is 19.0 Å². The zero-order valence-corrected chi connectivity index (χ0v) is 9.05. The molecule has 1 aliphatic heterocycles. The Morgan fingerprint density at radius 2 is 2.15 bits per heavy atom. The Balaban J connectivity index is 2.61. The second-order valence-electron chi connectivity index (χ2n) is 4.25. The molecule has 1 aliphatic rings. The fraction of sp³-hybridized carbons (Fsp3) is 0.909. The van der Waals surface area contributed by atoms with E-state index in [4.69, 9.17) is 0 Å². The van der Waals surface area contributed by atoms with E-state index in [0.717, 1.165) is 6.54 Å². The summed E-state index contributed by atoms with van der Waals surface area (Å²) in [5, 5.41) is 0. The molecule has 1 unspecified atom stereocenters. The number of piperidine rings is 1. The number of carbonyl (C=O) groups is 1. The van der Waals surface area contributed by atoms with Gasteiger partial charge in [-0.2, -0.15) is 0 Å². The predicted octanol–water partition coefficient (Wildman–Crippen LogP) is 2.43. The van der Waals surface area contributed by atoms with Crippen LogP contribution in [-0.4, -0.2) is 23.4 Å².